The summed E-state index contributed by atoms with van der Waals surface area (Å²) in [6, 6.07) is 0. The molecule has 0 atom stereocenters. The summed E-state index contributed by atoms with van der Waals surface area (Å²) in [6.07, 6.45) is 12.7. The summed E-state index contributed by atoms with van der Waals surface area (Å²) in [6.45, 7) is 1.88. The first-order chi connectivity index (χ1) is 12.9. The lowest BCUT2D eigenvalue weighted by Crippen LogP contribution is -2.36. The first-order valence-electron chi connectivity index (χ1n) is 9.95. The van der Waals surface area contributed by atoms with E-state index in [4.69, 9.17) is 4.18 Å². The second-order valence-corrected chi connectivity index (χ2v) is 12.9. The number of rotatable bonds is 18. The fraction of sp³-hybridized carbons (Fsp3) is 1.00. The predicted octanol–water partition coefficient (Wildman–Crippen LogP) is 2.87. The van der Waals surface area contributed by atoms with Crippen LogP contribution in [0.3, 0.4) is 0 Å². The van der Waals surface area contributed by atoms with Gasteiger partial charge in [-0.05, 0) is 12.8 Å². The lowest BCUT2D eigenvalue weighted by Gasteiger charge is -2.17. The molecule has 0 aromatic rings. The molecule has 0 unspecified atom stereocenters. The van der Waals surface area contributed by atoms with E-state index in [1.165, 1.54) is 38.5 Å². The van der Waals surface area contributed by atoms with Crippen molar-refractivity contribution in [3.8, 4) is 0 Å². The molecule has 28 heavy (non-hydrogen) atoms. The Labute approximate surface area is 172 Å². The molecule has 0 bridgehead atoms. The van der Waals surface area contributed by atoms with E-state index in [-0.39, 0.29) is 13.0 Å². The minimum Gasteiger partial charge on any atom is -0.270 e. The van der Waals surface area contributed by atoms with Crippen LogP contribution in [0.15, 0.2) is 0 Å². The van der Waals surface area contributed by atoms with Gasteiger partial charge in [-0.3, -0.25) is 4.18 Å². The van der Waals surface area contributed by atoms with Gasteiger partial charge in [-0.25, -0.2) is 16.8 Å². The van der Waals surface area contributed by atoms with Gasteiger partial charge in [0.2, 0.25) is 20.0 Å². The summed E-state index contributed by atoms with van der Waals surface area (Å²) in [4.78, 5) is 0. The summed E-state index contributed by atoms with van der Waals surface area (Å²) < 4.78 is 74.8. The van der Waals surface area contributed by atoms with Crippen molar-refractivity contribution in [1.29, 1.82) is 0 Å². The average Bonchev–Trinajstić information content (AvgIpc) is 2.54. The smallest absolute Gasteiger partial charge is 0.267 e. The molecule has 0 saturated carbocycles. The second-order valence-electron chi connectivity index (χ2n) is 7.14. The van der Waals surface area contributed by atoms with Gasteiger partial charge in [0, 0.05) is 6.54 Å². The molecule has 0 rings (SSSR count). The van der Waals surface area contributed by atoms with E-state index in [0.29, 0.717) is 10.1 Å². The SMILES string of the molecule is CCCCCCCCCCCCOS(=O)(=O)CCCN(S(C)(=O)=O)S(C)(=O)=O. The van der Waals surface area contributed by atoms with E-state index < -0.39 is 42.5 Å². The standard InChI is InChI=1S/C17H37NO7S3/c1-4-5-6-7-8-9-10-11-12-13-16-25-28(23,24)17-14-15-18(26(2,19)20)27(3,21)22/h4-17H2,1-3H3. The van der Waals surface area contributed by atoms with Gasteiger partial charge in [-0.1, -0.05) is 68.4 Å². The number of nitrogens with zero attached hydrogens (tertiary/aromatic N) is 1. The van der Waals surface area contributed by atoms with Gasteiger partial charge in [0.1, 0.15) is 0 Å². The van der Waals surface area contributed by atoms with Crippen LogP contribution in [0, 0.1) is 0 Å². The maximum atomic E-state index is 11.8. The molecular weight excluding hydrogens is 426 g/mol. The highest BCUT2D eigenvalue weighted by molar-refractivity contribution is 8.03. The maximum Gasteiger partial charge on any atom is 0.267 e. The molecule has 0 aliphatic rings. The van der Waals surface area contributed by atoms with Crippen molar-refractivity contribution in [2.75, 3.05) is 31.4 Å². The van der Waals surface area contributed by atoms with Crippen molar-refractivity contribution >= 4 is 30.2 Å². The van der Waals surface area contributed by atoms with Crippen molar-refractivity contribution in [1.82, 2.24) is 3.71 Å². The van der Waals surface area contributed by atoms with Crippen LogP contribution in [0.2, 0.25) is 0 Å². The molecule has 0 aromatic carbocycles. The van der Waals surface area contributed by atoms with Crippen molar-refractivity contribution in [2.24, 2.45) is 0 Å². The Kier molecular flexibility index (Phi) is 13.8. The molecule has 11 heteroatoms. The second kappa shape index (κ2) is 13.9. The fourth-order valence-corrected chi connectivity index (χ4v) is 6.64. The van der Waals surface area contributed by atoms with Crippen LogP contribution in [0.25, 0.3) is 0 Å². The zero-order chi connectivity index (χ0) is 21.7. The quantitative estimate of drug-likeness (QED) is 0.227. The third-order valence-corrected chi connectivity index (χ3v) is 9.02. The molecular formula is C17H37NO7S3. The highest BCUT2D eigenvalue weighted by Crippen LogP contribution is 2.11. The Morgan fingerprint density at radius 1 is 0.643 bits per heavy atom. The molecule has 0 heterocycles. The van der Waals surface area contributed by atoms with Crippen LogP contribution in [0.4, 0.5) is 0 Å². The topological polar surface area (TPSA) is 115 Å². The largest absolute Gasteiger partial charge is 0.270 e. The Morgan fingerprint density at radius 3 is 1.50 bits per heavy atom. The van der Waals surface area contributed by atoms with Crippen LogP contribution < -0.4 is 0 Å². The van der Waals surface area contributed by atoms with Crippen molar-refractivity contribution in [3.63, 3.8) is 0 Å². The average molecular weight is 464 g/mol. The first-order valence-corrected chi connectivity index (χ1v) is 15.2. The van der Waals surface area contributed by atoms with Crippen LogP contribution >= 0.6 is 0 Å². The van der Waals surface area contributed by atoms with Crippen LogP contribution in [0.5, 0.6) is 0 Å². The lowest BCUT2D eigenvalue weighted by molar-refractivity contribution is 0.305. The Balaban J connectivity index is 3.92. The molecule has 170 valence electrons. The summed E-state index contributed by atoms with van der Waals surface area (Å²) in [5.74, 6) is -0.424. The first kappa shape index (κ1) is 27.8. The van der Waals surface area contributed by atoms with Gasteiger partial charge in [0.15, 0.2) is 0 Å². The molecule has 0 radical (unpaired) electrons. The van der Waals surface area contributed by atoms with Crippen molar-refractivity contribution < 1.29 is 29.4 Å². The van der Waals surface area contributed by atoms with E-state index in [0.717, 1.165) is 31.8 Å². The van der Waals surface area contributed by atoms with Crippen molar-refractivity contribution in [2.45, 2.75) is 77.6 Å². The lowest BCUT2D eigenvalue weighted by atomic mass is 10.1. The van der Waals surface area contributed by atoms with E-state index in [9.17, 15) is 25.3 Å². The van der Waals surface area contributed by atoms with Gasteiger partial charge < -0.3 is 0 Å². The molecule has 0 fully saturated rings. The normalized spacial score (nSPS) is 13.3. The number of hydrogen-bond donors (Lipinski definition) is 0. The van der Waals surface area contributed by atoms with E-state index in [1.807, 2.05) is 0 Å². The third kappa shape index (κ3) is 14.7. The Morgan fingerprint density at radius 2 is 1.07 bits per heavy atom. The van der Waals surface area contributed by atoms with Gasteiger partial charge in [0.05, 0.1) is 24.9 Å². The minimum absolute atomic E-state index is 0.0979. The van der Waals surface area contributed by atoms with Crippen molar-refractivity contribution in [3.05, 3.63) is 0 Å². The number of sulfonamides is 2. The van der Waals surface area contributed by atoms with E-state index >= 15 is 0 Å². The van der Waals surface area contributed by atoms with Crippen LogP contribution in [0.1, 0.15) is 77.6 Å². The molecule has 8 nitrogen and oxygen atoms in total. The molecule has 0 aliphatic carbocycles. The summed E-state index contributed by atoms with van der Waals surface area (Å²) in [5, 5.41) is 0. The zero-order valence-electron chi connectivity index (χ0n) is 17.4. The van der Waals surface area contributed by atoms with E-state index in [2.05, 4.69) is 6.92 Å². The summed E-state index contributed by atoms with van der Waals surface area (Å²) >= 11 is 0. The van der Waals surface area contributed by atoms with Gasteiger partial charge in [-0.15, -0.1) is 0 Å². The number of hydrogen-bond acceptors (Lipinski definition) is 7. The fourth-order valence-electron chi connectivity index (χ4n) is 2.78. The Bertz CT molecular complexity index is 684. The minimum atomic E-state index is -3.97. The number of unbranched alkanes of at least 4 members (excludes halogenated alkanes) is 9. The molecule has 0 aliphatic heterocycles. The highest BCUT2D eigenvalue weighted by Gasteiger charge is 2.27. The third-order valence-electron chi connectivity index (χ3n) is 4.24. The van der Waals surface area contributed by atoms with Crippen LogP contribution in [-0.4, -0.2) is 60.4 Å². The van der Waals surface area contributed by atoms with E-state index in [1.54, 1.807) is 0 Å². The summed E-state index contributed by atoms with van der Waals surface area (Å²) in [7, 11) is -11.7. The van der Waals surface area contributed by atoms with Gasteiger partial charge in [-0.2, -0.15) is 8.42 Å². The van der Waals surface area contributed by atoms with Gasteiger partial charge >= 0.3 is 0 Å². The monoisotopic (exact) mass is 463 g/mol. The highest BCUT2D eigenvalue weighted by atomic mass is 32.3. The molecule has 0 amide bonds. The molecule has 0 spiro atoms. The van der Waals surface area contributed by atoms with Gasteiger partial charge in [0.25, 0.3) is 10.1 Å². The molecule has 0 aromatic heterocycles. The maximum absolute atomic E-state index is 11.8. The van der Waals surface area contributed by atoms with Crippen LogP contribution in [-0.2, 0) is 34.3 Å². The zero-order valence-corrected chi connectivity index (χ0v) is 19.9. The molecule has 0 N–H and O–H groups in total. The summed E-state index contributed by atoms with van der Waals surface area (Å²) in [5.41, 5.74) is 0. The predicted molar refractivity (Wildman–Crippen MR) is 113 cm³/mol. The molecule has 0 saturated heterocycles. The Hall–Kier alpha value is -0.230.